The first-order chi connectivity index (χ1) is 6.68. The van der Waals surface area contributed by atoms with Gasteiger partial charge in [0.2, 0.25) is 0 Å². The molecule has 0 unspecified atom stereocenters. The van der Waals surface area contributed by atoms with Gasteiger partial charge in [0, 0.05) is 17.3 Å². The van der Waals surface area contributed by atoms with Gasteiger partial charge in [-0.25, -0.2) is 0 Å². The van der Waals surface area contributed by atoms with Gasteiger partial charge in [-0.1, -0.05) is 18.2 Å². The van der Waals surface area contributed by atoms with Crippen LogP contribution in [0.5, 0.6) is 0 Å². The van der Waals surface area contributed by atoms with Gasteiger partial charge in [-0.3, -0.25) is 4.98 Å². The number of hydrogen-bond donors (Lipinski definition) is 2. The van der Waals surface area contributed by atoms with E-state index in [0.717, 1.165) is 16.5 Å². The monoisotopic (exact) mass is 187 g/mol. The lowest BCUT2D eigenvalue weighted by Crippen LogP contribution is -2.29. The summed E-state index contributed by atoms with van der Waals surface area (Å²) in [5, 5.41) is 20.0. The molecular formula is C10H10BNO2. The number of pyridine rings is 1. The maximum absolute atomic E-state index is 8.99. The Morgan fingerprint density at radius 3 is 2.71 bits per heavy atom. The lowest BCUT2D eigenvalue weighted by Gasteiger charge is -2.03. The molecule has 0 saturated carbocycles. The van der Waals surface area contributed by atoms with Crippen molar-refractivity contribution in [1.82, 2.24) is 4.98 Å². The van der Waals surface area contributed by atoms with Crippen molar-refractivity contribution in [2.75, 3.05) is 0 Å². The molecule has 1 aromatic heterocycles. The van der Waals surface area contributed by atoms with Crippen LogP contribution in [0.15, 0.2) is 30.5 Å². The molecule has 0 radical (unpaired) electrons. The third-order valence-corrected chi connectivity index (χ3v) is 2.29. The number of nitrogens with zero attached hydrogens (tertiary/aromatic N) is 1. The van der Waals surface area contributed by atoms with Gasteiger partial charge in [0.15, 0.2) is 0 Å². The summed E-state index contributed by atoms with van der Waals surface area (Å²) < 4.78 is 0. The maximum Gasteiger partial charge on any atom is 0.488 e. The molecule has 0 saturated heterocycles. The standard InChI is InChI=1S/C10H10BNO2/c1-7-10-3-2-9(11(13)14)6-8(10)4-5-12-7/h2-6,13-14H,1H3. The summed E-state index contributed by atoms with van der Waals surface area (Å²) in [5.74, 6) is 0. The zero-order valence-corrected chi connectivity index (χ0v) is 7.81. The maximum atomic E-state index is 8.99. The Kier molecular flexibility index (Phi) is 2.23. The molecule has 0 amide bonds. The highest BCUT2D eigenvalue weighted by Crippen LogP contribution is 2.14. The van der Waals surface area contributed by atoms with Crippen molar-refractivity contribution in [1.29, 1.82) is 0 Å². The van der Waals surface area contributed by atoms with E-state index in [9.17, 15) is 0 Å². The summed E-state index contributed by atoms with van der Waals surface area (Å²) in [4.78, 5) is 4.16. The molecule has 3 nitrogen and oxygen atoms in total. The Labute approximate surface area is 82.2 Å². The Hall–Kier alpha value is -1.39. The van der Waals surface area contributed by atoms with Crippen molar-refractivity contribution in [2.24, 2.45) is 0 Å². The fourth-order valence-corrected chi connectivity index (χ4v) is 1.51. The first kappa shape index (κ1) is 9.18. The summed E-state index contributed by atoms with van der Waals surface area (Å²) in [6.07, 6.45) is 1.71. The van der Waals surface area contributed by atoms with Gasteiger partial charge in [-0.05, 0) is 23.8 Å². The number of rotatable bonds is 1. The molecule has 4 heteroatoms. The van der Waals surface area contributed by atoms with E-state index in [4.69, 9.17) is 10.0 Å². The number of aromatic nitrogens is 1. The fraction of sp³-hybridized carbons (Fsp3) is 0.100. The number of aryl methyl sites for hydroxylation is 1. The van der Waals surface area contributed by atoms with E-state index in [2.05, 4.69) is 4.98 Å². The molecule has 0 aliphatic heterocycles. The summed E-state index contributed by atoms with van der Waals surface area (Å²) in [7, 11) is -1.41. The third kappa shape index (κ3) is 1.50. The molecule has 0 fully saturated rings. The normalized spacial score (nSPS) is 10.5. The smallest absolute Gasteiger partial charge is 0.423 e. The van der Waals surface area contributed by atoms with Crippen molar-refractivity contribution in [3.05, 3.63) is 36.2 Å². The Morgan fingerprint density at radius 2 is 2.00 bits per heavy atom. The molecule has 2 rings (SSSR count). The van der Waals surface area contributed by atoms with Crippen LogP contribution in [0, 0.1) is 6.92 Å². The second-order valence-electron chi connectivity index (χ2n) is 3.25. The van der Waals surface area contributed by atoms with Crippen molar-refractivity contribution in [2.45, 2.75) is 6.92 Å². The Morgan fingerprint density at radius 1 is 1.21 bits per heavy atom. The summed E-state index contributed by atoms with van der Waals surface area (Å²) in [6, 6.07) is 7.16. The van der Waals surface area contributed by atoms with Crippen LogP contribution in [-0.4, -0.2) is 22.2 Å². The lowest BCUT2D eigenvalue weighted by molar-refractivity contribution is 0.426. The second-order valence-corrected chi connectivity index (χ2v) is 3.25. The van der Waals surface area contributed by atoms with Gasteiger partial charge in [0.25, 0.3) is 0 Å². The van der Waals surface area contributed by atoms with Gasteiger partial charge in [-0.15, -0.1) is 0 Å². The van der Waals surface area contributed by atoms with Crippen LogP contribution in [0.3, 0.4) is 0 Å². The highest BCUT2D eigenvalue weighted by Gasteiger charge is 2.10. The van der Waals surface area contributed by atoms with Crippen LogP contribution in [0.1, 0.15) is 5.69 Å². The highest BCUT2D eigenvalue weighted by molar-refractivity contribution is 6.58. The minimum absolute atomic E-state index is 0.503. The topological polar surface area (TPSA) is 53.4 Å². The van der Waals surface area contributed by atoms with Crippen LogP contribution < -0.4 is 5.46 Å². The van der Waals surface area contributed by atoms with Gasteiger partial charge in [0.05, 0.1) is 0 Å². The van der Waals surface area contributed by atoms with E-state index in [-0.39, 0.29) is 0 Å². The molecule has 2 N–H and O–H groups in total. The molecule has 0 aliphatic rings. The molecular weight excluding hydrogens is 177 g/mol. The minimum atomic E-state index is -1.41. The first-order valence-electron chi connectivity index (χ1n) is 4.40. The van der Waals surface area contributed by atoms with Gasteiger partial charge in [-0.2, -0.15) is 0 Å². The summed E-state index contributed by atoms with van der Waals surface area (Å²) >= 11 is 0. The molecule has 14 heavy (non-hydrogen) atoms. The molecule has 1 aromatic carbocycles. The SMILES string of the molecule is Cc1nccc2cc(B(O)O)ccc12. The fourth-order valence-electron chi connectivity index (χ4n) is 1.51. The minimum Gasteiger partial charge on any atom is -0.423 e. The van der Waals surface area contributed by atoms with Gasteiger partial charge in [0.1, 0.15) is 0 Å². The van der Waals surface area contributed by atoms with E-state index in [1.54, 1.807) is 18.3 Å². The number of benzene rings is 1. The number of fused-ring (bicyclic) bond motifs is 1. The van der Waals surface area contributed by atoms with E-state index >= 15 is 0 Å². The number of hydrogen-bond acceptors (Lipinski definition) is 3. The predicted molar refractivity (Wildman–Crippen MR) is 56.3 cm³/mol. The highest BCUT2D eigenvalue weighted by atomic mass is 16.4. The van der Waals surface area contributed by atoms with Crippen molar-refractivity contribution < 1.29 is 10.0 Å². The zero-order valence-electron chi connectivity index (χ0n) is 7.81. The molecule has 1 heterocycles. The second kappa shape index (κ2) is 3.40. The van der Waals surface area contributed by atoms with Crippen molar-refractivity contribution in [3.8, 4) is 0 Å². The summed E-state index contributed by atoms with van der Waals surface area (Å²) in [5.41, 5.74) is 1.45. The van der Waals surface area contributed by atoms with Crippen LogP contribution in [-0.2, 0) is 0 Å². The van der Waals surface area contributed by atoms with E-state index in [0.29, 0.717) is 5.46 Å². The van der Waals surface area contributed by atoms with Crippen molar-refractivity contribution in [3.63, 3.8) is 0 Å². The van der Waals surface area contributed by atoms with E-state index in [1.165, 1.54) is 0 Å². The predicted octanol–water partition coefficient (Wildman–Crippen LogP) is 0.223. The van der Waals surface area contributed by atoms with E-state index < -0.39 is 7.12 Å². The average molecular weight is 187 g/mol. The summed E-state index contributed by atoms with van der Waals surface area (Å²) in [6.45, 7) is 1.93. The largest absolute Gasteiger partial charge is 0.488 e. The van der Waals surface area contributed by atoms with Crippen LogP contribution in [0.2, 0.25) is 0 Å². The van der Waals surface area contributed by atoms with Crippen molar-refractivity contribution >= 4 is 23.4 Å². The molecule has 0 bridgehead atoms. The Bertz CT molecular complexity index is 471. The average Bonchev–Trinajstić information content (AvgIpc) is 2.17. The zero-order chi connectivity index (χ0) is 10.1. The molecule has 0 atom stereocenters. The van der Waals surface area contributed by atoms with Crippen LogP contribution >= 0.6 is 0 Å². The quantitative estimate of drug-likeness (QED) is 0.628. The van der Waals surface area contributed by atoms with E-state index in [1.807, 2.05) is 19.1 Å². The lowest BCUT2D eigenvalue weighted by atomic mass is 9.79. The molecule has 2 aromatic rings. The molecule has 0 spiro atoms. The van der Waals surface area contributed by atoms with Crippen LogP contribution in [0.25, 0.3) is 10.8 Å². The third-order valence-electron chi connectivity index (χ3n) is 2.29. The Balaban J connectivity index is 2.67. The molecule has 0 aliphatic carbocycles. The van der Waals surface area contributed by atoms with Gasteiger partial charge >= 0.3 is 7.12 Å². The molecule has 70 valence electrons. The van der Waals surface area contributed by atoms with Crippen LogP contribution in [0.4, 0.5) is 0 Å². The first-order valence-corrected chi connectivity index (χ1v) is 4.40. The van der Waals surface area contributed by atoms with Gasteiger partial charge < -0.3 is 10.0 Å².